The molecule has 0 bridgehead atoms. The third-order valence-electron chi connectivity index (χ3n) is 7.13. The van der Waals surface area contributed by atoms with Gasteiger partial charge in [0.15, 0.2) is 0 Å². The van der Waals surface area contributed by atoms with E-state index in [1.54, 1.807) is 25.7 Å². The summed E-state index contributed by atoms with van der Waals surface area (Å²) in [6.07, 6.45) is 7.54. The molecule has 7 heteroatoms. The number of nitrogens with one attached hydrogen (secondary N) is 2. The molecule has 3 unspecified atom stereocenters. The van der Waals surface area contributed by atoms with Crippen molar-refractivity contribution >= 4 is 17.9 Å². The fraction of sp³-hybridized carbons (Fsp3) is 0.727. The number of benzene rings is 1. The molecule has 2 N–H and O–H groups in total. The van der Waals surface area contributed by atoms with E-state index in [2.05, 4.69) is 24.5 Å². The molecule has 1 rings (SSSR count). The zero-order valence-electron chi connectivity index (χ0n) is 27.0. The van der Waals surface area contributed by atoms with E-state index in [-0.39, 0.29) is 23.8 Å². The van der Waals surface area contributed by atoms with Gasteiger partial charge in [0.2, 0.25) is 11.8 Å². The molecular weight excluding hydrogens is 502 g/mol. The molecule has 7 nitrogen and oxygen atoms in total. The minimum absolute atomic E-state index is 0.0175. The Balaban J connectivity index is 3.54. The molecular formula is C33H57N3O4. The van der Waals surface area contributed by atoms with Crippen LogP contribution in [0.4, 0.5) is 4.79 Å². The number of carbonyl (C=O) groups excluding carboxylic acids is 3. The van der Waals surface area contributed by atoms with Crippen LogP contribution < -0.4 is 10.6 Å². The smallest absolute Gasteiger partial charge is 0.408 e. The largest absolute Gasteiger partial charge is 0.444 e. The fourth-order valence-corrected chi connectivity index (χ4v) is 5.07. The number of ether oxygens (including phenoxy) is 1. The van der Waals surface area contributed by atoms with Gasteiger partial charge in [-0.2, -0.15) is 0 Å². The molecule has 0 aliphatic rings. The Morgan fingerprint density at radius 3 is 1.98 bits per heavy atom. The predicted octanol–water partition coefficient (Wildman–Crippen LogP) is 7.39. The van der Waals surface area contributed by atoms with Crippen molar-refractivity contribution in [2.75, 3.05) is 6.54 Å². The highest BCUT2D eigenvalue weighted by molar-refractivity contribution is 5.92. The van der Waals surface area contributed by atoms with Crippen molar-refractivity contribution in [2.24, 2.45) is 5.92 Å². The van der Waals surface area contributed by atoms with Crippen LogP contribution in [-0.4, -0.2) is 47.0 Å². The molecule has 0 aliphatic heterocycles. The molecule has 0 saturated heterocycles. The van der Waals surface area contributed by atoms with E-state index in [0.29, 0.717) is 6.54 Å². The average molecular weight is 560 g/mol. The van der Waals surface area contributed by atoms with Crippen molar-refractivity contribution < 1.29 is 19.1 Å². The lowest BCUT2D eigenvalue weighted by molar-refractivity contribution is -0.143. The molecule has 0 aliphatic carbocycles. The van der Waals surface area contributed by atoms with E-state index in [4.69, 9.17) is 4.74 Å². The van der Waals surface area contributed by atoms with Crippen molar-refractivity contribution in [3.8, 4) is 0 Å². The van der Waals surface area contributed by atoms with Gasteiger partial charge in [-0.25, -0.2) is 4.79 Å². The number of carbonyl (C=O) groups is 3. The third-order valence-corrected chi connectivity index (χ3v) is 7.13. The van der Waals surface area contributed by atoms with E-state index in [1.807, 2.05) is 52.8 Å². The first-order valence-corrected chi connectivity index (χ1v) is 15.4. The SMILES string of the molecule is CCCCCCCCN(C(=O)C(NC(=O)OC(C)(C)C)C(C)C)C(C(=O)NC(C)CCC)c1c(C)cccc1C. The molecule has 0 spiro atoms. The summed E-state index contributed by atoms with van der Waals surface area (Å²) in [6.45, 7) is 19.9. The molecule has 40 heavy (non-hydrogen) atoms. The lowest BCUT2D eigenvalue weighted by Gasteiger charge is -2.37. The molecule has 0 radical (unpaired) electrons. The second-order valence-electron chi connectivity index (χ2n) is 12.6. The zero-order valence-corrected chi connectivity index (χ0v) is 27.0. The van der Waals surface area contributed by atoms with E-state index >= 15 is 0 Å². The number of amides is 3. The first kappa shape index (κ1) is 35.5. The minimum Gasteiger partial charge on any atom is -0.444 e. The number of aryl methyl sites for hydroxylation is 2. The Morgan fingerprint density at radius 1 is 0.875 bits per heavy atom. The van der Waals surface area contributed by atoms with Gasteiger partial charge in [0, 0.05) is 12.6 Å². The number of hydrogen-bond donors (Lipinski definition) is 2. The Kier molecular flexibility index (Phi) is 15.3. The molecule has 1 aromatic rings. The summed E-state index contributed by atoms with van der Waals surface area (Å²) in [7, 11) is 0. The fourth-order valence-electron chi connectivity index (χ4n) is 5.07. The topological polar surface area (TPSA) is 87.7 Å². The van der Waals surface area contributed by atoms with Gasteiger partial charge in [-0.1, -0.05) is 84.4 Å². The predicted molar refractivity (Wildman–Crippen MR) is 164 cm³/mol. The maximum absolute atomic E-state index is 14.4. The Labute approximate surface area is 244 Å². The quantitative estimate of drug-likeness (QED) is 0.207. The van der Waals surface area contributed by atoms with Gasteiger partial charge >= 0.3 is 6.09 Å². The van der Waals surface area contributed by atoms with Gasteiger partial charge in [0.1, 0.15) is 17.7 Å². The van der Waals surface area contributed by atoms with Crippen molar-refractivity contribution in [1.82, 2.24) is 15.5 Å². The van der Waals surface area contributed by atoms with Crippen molar-refractivity contribution in [2.45, 2.75) is 144 Å². The van der Waals surface area contributed by atoms with Gasteiger partial charge in [-0.3, -0.25) is 9.59 Å². The second-order valence-corrected chi connectivity index (χ2v) is 12.6. The Bertz CT molecular complexity index is 918. The number of hydrogen-bond acceptors (Lipinski definition) is 4. The second kappa shape index (κ2) is 17.3. The van der Waals surface area contributed by atoms with E-state index in [9.17, 15) is 14.4 Å². The normalized spacial score (nSPS) is 13.9. The van der Waals surface area contributed by atoms with Crippen molar-refractivity contribution in [3.63, 3.8) is 0 Å². The first-order chi connectivity index (χ1) is 18.7. The van der Waals surface area contributed by atoms with Crippen LogP contribution in [0.25, 0.3) is 0 Å². The lowest BCUT2D eigenvalue weighted by Crippen LogP contribution is -2.55. The summed E-state index contributed by atoms with van der Waals surface area (Å²) in [5, 5.41) is 6.01. The number of rotatable bonds is 16. The monoisotopic (exact) mass is 559 g/mol. The van der Waals surface area contributed by atoms with Crippen LogP contribution in [0.3, 0.4) is 0 Å². The number of unbranched alkanes of at least 4 members (excludes halogenated alkanes) is 5. The van der Waals surface area contributed by atoms with Crippen LogP contribution >= 0.6 is 0 Å². The first-order valence-electron chi connectivity index (χ1n) is 15.4. The van der Waals surface area contributed by atoms with Gasteiger partial charge in [0.05, 0.1) is 0 Å². The molecule has 0 aromatic heterocycles. The molecule has 0 heterocycles. The number of nitrogens with zero attached hydrogens (tertiary/aromatic N) is 1. The summed E-state index contributed by atoms with van der Waals surface area (Å²) in [4.78, 5) is 42.9. The van der Waals surface area contributed by atoms with Crippen molar-refractivity contribution in [3.05, 3.63) is 34.9 Å². The molecule has 0 fully saturated rings. The van der Waals surface area contributed by atoms with Gasteiger partial charge in [0.25, 0.3) is 0 Å². The van der Waals surface area contributed by atoms with Crippen LogP contribution in [-0.2, 0) is 14.3 Å². The van der Waals surface area contributed by atoms with Crippen LogP contribution in [0.1, 0.15) is 129 Å². The number of alkyl carbamates (subject to hydrolysis) is 1. The Morgan fingerprint density at radius 2 is 1.45 bits per heavy atom. The maximum Gasteiger partial charge on any atom is 0.408 e. The van der Waals surface area contributed by atoms with Gasteiger partial charge in [-0.15, -0.1) is 0 Å². The minimum atomic E-state index is -0.831. The standard InChI is InChI=1S/C33H57N3O4/c1-11-13-14-15-16-17-22-36(31(38)28(23(3)4)35-32(39)40-33(8,9)10)29(30(37)34-26(7)19-12-2)27-24(5)20-18-21-25(27)6/h18,20-21,23,26,28-29H,11-17,19,22H2,1-10H3,(H,34,37)(H,35,39). The summed E-state index contributed by atoms with van der Waals surface area (Å²) in [6, 6.07) is 4.31. The highest BCUT2D eigenvalue weighted by Gasteiger charge is 2.38. The van der Waals surface area contributed by atoms with Gasteiger partial charge < -0.3 is 20.3 Å². The average Bonchev–Trinajstić information content (AvgIpc) is 2.83. The van der Waals surface area contributed by atoms with E-state index < -0.39 is 23.8 Å². The van der Waals surface area contributed by atoms with Crippen LogP contribution in [0.2, 0.25) is 0 Å². The lowest BCUT2D eigenvalue weighted by atomic mass is 9.92. The summed E-state index contributed by atoms with van der Waals surface area (Å²) in [5.74, 6) is -0.648. The summed E-state index contributed by atoms with van der Waals surface area (Å²) in [5.41, 5.74) is 2.08. The molecule has 3 atom stereocenters. The van der Waals surface area contributed by atoms with E-state index in [0.717, 1.165) is 55.2 Å². The highest BCUT2D eigenvalue weighted by Crippen LogP contribution is 2.30. The maximum atomic E-state index is 14.4. The van der Waals surface area contributed by atoms with Crippen LogP contribution in [0.5, 0.6) is 0 Å². The summed E-state index contributed by atoms with van der Waals surface area (Å²) >= 11 is 0. The zero-order chi connectivity index (χ0) is 30.5. The molecule has 3 amide bonds. The third kappa shape index (κ3) is 11.9. The summed E-state index contributed by atoms with van der Waals surface area (Å²) < 4.78 is 5.49. The highest BCUT2D eigenvalue weighted by atomic mass is 16.6. The van der Waals surface area contributed by atoms with Crippen LogP contribution in [0.15, 0.2) is 18.2 Å². The molecule has 228 valence electrons. The van der Waals surface area contributed by atoms with Gasteiger partial charge in [-0.05, 0) is 77.0 Å². The molecule has 1 aromatic carbocycles. The molecule has 0 saturated carbocycles. The van der Waals surface area contributed by atoms with E-state index in [1.165, 1.54) is 12.8 Å². The van der Waals surface area contributed by atoms with Crippen LogP contribution in [0, 0.1) is 19.8 Å². The Hall–Kier alpha value is -2.57. The van der Waals surface area contributed by atoms with Crippen molar-refractivity contribution in [1.29, 1.82) is 0 Å².